The van der Waals surface area contributed by atoms with Gasteiger partial charge in [-0.25, -0.2) is 0 Å². The first-order valence-electron chi connectivity index (χ1n) is 17.3. The summed E-state index contributed by atoms with van der Waals surface area (Å²) in [6, 6.07) is 65.0. The standard InChI is InChI=1S/C48H29NS2/c1-3-13-35-30(10-1)12-9-17-37(35)40-26-27-43(47-41-16-6-8-19-45(41)51-48(40)47)49(34-24-25-39-38-15-5-7-18-44(38)50-46(39)29-34)33-23-22-32-21-20-31-11-2-4-14-36(31)42(32)28-33/h1-29H. The van der Waals surface area contributed by atoms with Crippen molar-refractivity contribution in [1.29, 1.82) is 0 Å². The summed E-state index contributed by atoms with van der Waals surface area (Å²) in [7, 11) is 0. The highest BCUT2D eigenvalue weighted by Gasteiger charge is 2.22. The second-order valence-electron chi connectivity index (χ2n) is 13.3. The smallest absolute Gasteiger partial charge is 0.0555 e. The molecule has 3 heteroatoms. The van der Waals surface area contributed by atoms with Crippen LogP contribution in [0.4, 0.5) is 17.1 Å². The van der Waals surface area contributed by atoms with Crippen LogP contribution in [0.5, 0.6) is 0 Å². The highest BCUT2D eigenvalue weighted by atomic mass is 32.1. The number of nitrogens with zero attached hydrogens (tertiary/aromatic N) is 1. The van der Waals surface area contributed by atoms with Crippen molar-refractivity contribution >= 4 is 112 Å². The summed E-state index contributed by atoms with van der Waals surface area (Å²) < 4.78 is 5.22. The van der Waals surface area contributed by atoms with Crippen molar-refractivity contribution < 1.29 is 0 Å². The van der Waals surface area contributed by atoms with Crippen LogP contribution in [0.2, 0.25) is 0 Å². The van der Waals surface area contributed by atoms with E-state index in [0.717, 1.165) is 11.4 Å². The lowest BCUT2D eigenvalue weighted by Crippen LogP contribution is -2.10. The molecular weight excluding hydrogens is 655 g/mol. The topological polar surface area (TPSA) is 3.24 Å². The number of rotatable bonds is 4. The molecule has 1 nitrogen and oxygen atoms in total. The molecule has 238 valence electrons. The maximum absolute atomic E-state index is 2.50. The Morgan fingerprint density at radius 3 is 1.76 bits per heavy atom. The predicted octanol–water partition coefficient (Wildman–Crippen LogP) is 15.0. The van der Waals surface area contributed by atoms with Crippen molar-refractivity contribution in [2.75, 3.05) is 4.90 Å². The number of anilines is 3. The van der Waals surface area contributed by atoms with E-state index < -0.39 is 0 Å². The summed E-state index contributed by atoms with van der Waals surface area (Å²) in [4.78, 5) is 2.50. The summed E-state index contributed by atoms with van der Waals surface area (Å²) in [6.45, 7) is 0. The Labute approximate surface area is 302 Å². The van der Waals surface area contributed by atoms with Crippen LogP contribution in [0.25, 0.3) is 83.8 Å². The van der Waals surface area contributed by atoms with E-state index in [2.05, 4.69) is 181 Å². The van der Waals surface area contributed by atoms with Gasteiger partial charge in [-0.1, -0.05) is 133 Å². The molecule has 0 atom stereocenters. The van der Waals surface area contributed by atoms with E-state index in [1.165, 1.54) is 89.5 Å². The van der Waals surface area contributed by atoms with Gasteiger partial charge in [0.05, 0.1) is 5.69 Å². The molecule has 0 aliphatic heterocycles. The molecule has 0 saturated carbocycles. The maximum Gasteiger partial charge on any atom is 0.0555 e. The van der Waals surface area contributed by atoms with Crippen LogP contribution in [0.1, 0.15) is 0 Å². The van der Waals surface area contributed by atoms with Crippen molar-refractivity contribution in [3.05, 3.63) is 176 Å². The molecule has 11 rings (SSSR count). The SMILES string of the molecule is c1ccc2c(-c3ccc(N(c4ccc5c(c4)sc4ccccc45)c4ccc5ccc6ccccc6c5c4)c4c3sc3ccccc34)cccc2c1. The molecule has 0 radical (unpaired) electrons. The molecule has 0 bridgehead atoms. The quantitative estimate of drug-likeness (QED) is 0.167. The fourth-order valence-electron chi connectivity index (χ4n) is 8.08. The number of hydrogen-bond acceptors (Lipinski definition) is 3. The second-order valence-corrected chi connectivity index (χ2v) is 15.4. The van der Waals surface area contributed by atoms with Gasteiger partial charge >= 0.3 is 0 Å². The van der Waals surface area contributed by atoms with Gasteiger partial charge < -0.3 is 4.90 Å². The van der Waals surface area contributed by atoms with Crippen LogP contribution < -0.4 is 4.90 Å². The minimum Gasteiger partial charge on any atom is -0.310 e. The Morgan fingerprint density at radius 1 is 0.333 bits per heavy atom. The second kappa shape index (κ2) is 11.3. The molecule has 9 aromatic carbocycles. The van der Waals surface area contributed by atoms with Crippen molar-refractivity contribution in [1.82, 2.24) is 0 Å². The van der Waals surface area contributed by atoms with Crippen LogP contribution in [-0.4, -0.2) is 0 Å². The summed E-state index contributed by atoms with van der Waals surface area (Å²) in [6.07, 6.45) is 0. The van der Waals surface area contributed by atoms with Crippen LogP contribution in [-0.2, 0) is 0 Å². The van der Waals surface area contributed by atoms with E-state index in [-0.39, 0.29) is 0 Å². The average molecular weight is 684 g/mol. The van der Waals surface area contributed by atoms with Crippen LogP contribution >= 0.6 is 22.7 Å². The van der Waals surface area contributed by atoms with Gasteiger partial charge in [0, 0.05) is 57.3 Å². The molecule has 0 fully saturated rings. The Hall–Kier alpha value is -6.00. The minimum atomic E-state index is 1.15. The van der Waals surface area contributed by atoms with E-state index >= 15 is 0 Å². The maximum atomic E-state index is 2.50. The lowest BCUT2D eigenvalue weighted by molar-refractivity contribution is 1.31. The van der Waals surface area contributed by atoms with Gasteiger partial charge in [0.2, 0.25) is 0 Å². The van der Waals surface area contributed by atoms with E-state index in [9.17, 15) is 0 Å². The summed E-state index contributed by atoms with van der Waals surface area (Å²) in [5, 5.41) is 12.8. The molecule has 2 heterocycles. The fraction of sp³-hybridized carbons (Fsp3) is 0. The highest BCUT2D eigenvalue weighted by molar-refractivity contribution is 7.26. The zero-order valence-corrected chi connectivity index (χ0v) is 29.1. The minimum absolute atomic E-state index is 1.15. The summed E-state index contributed by atoms with van der Waals surface area (Å²) >= 11 is 3.77. The number of thiophene rings is 2. The lowest BCUT2D eigenvalue weighted by atomic mass is 9.95. The third-order valence-electron chi connectivity index (χ3n) is 10.4. The molecule has 0 saturated heterocycles. The van der Waals surface area contributed by atoms with Gasteiger partial charge in [-0.05, 0) is 80.3 Å². The molecule has 0 aliphatic rings. The van der Waals surface area contributed by atoms with Gasteiger partial charge in [0.15, 0.2) is 0 Å². The van der Waals surface area contributed by atoms with E-state index in [1.54, 1.807) is 0 Å². The highest BCUT2D eigenvalue weighted by Crippen LogP contribution is 2.50. The molecule has 51 heavy (non-hydrogen) atoms. The largest absolute Gasteiger partial charge is 0.310 e. The Balaban J connectivity index is 1.23. The van der Waals surface area contributed by atoms with E-state index in [0.29, 0.717) is 0 Å². The number of benzene rings is 9. The third kappa shape index (κ3) is 4.45. The summed E-state index contributed by atoms with van der Waals surface area (Å²) in [5.74, 6) is 0. The van der Waals surface area contributed by atoms with Crippen molar-refractivity contribution in [3.8, 4) is 11.1 Å². The van der Waals surface area contributed by atoms with Crippen LogP contribution in [0.15, 0.2) is 176 Å². The van der Waals surface area contributed by atoms with Crippen LogP contribution in [0, 0.1) is 0 Å². The number of fused-ring (bicyclic) bond motifs is 10. The summed E-state index contributed by atoms with van der Waals surface area (Å²) in [5.41, 5.74) is 6.03. The van der Waals surface area contributed by atoms with Crippen molar-refractivity contribution in [2.45, 2.75) is 0 Å². The third-order valence-corrected chi connectivity index (χ3v) is 12.8. The van der Waals surface area contributed by atoms with E-state index in [4.69, 9.17) is 0 Å². The lowest BCUT2D eigenvalue weighted by Gasteiger charge is -2.27. The Morgan fingerprint density at radius 2 is 0.922 bits per heavy atom. The molecule has 0 unspecified atom stereocenters. The molecule has 0 aliphatic carbocycles. The van der Waals surface area contributed by atoms with Crippen molar-refractivity contribution in [3.63, 3.8) is 0 Å². The Bertz CT molecular complexity index is 3160. The van der Waals surface area contributed by atoms with E-state index in [1.807, 2.05) is 22.7 Å². The van der Waals surface area contributed by atoms with Crippen LogP contribution in [0.3, 0.4) is 0 Å². The molecule has 0 spiro atoms. The monoisotopic (exact) mass is 683 g/mol. The van der Waals surface area contributed by atoms with Gasteiger partial charge in [-0.15, -0.1) is 22.7 Å². The molecule has 0 amide bonds. The first-order valence-corrected chi connectivity index (χ1v) is 19.0. The van der Waals surface area contributed by atoms with Gasteiger partial charge in [-0.3, -0.25) is 0 Å². The molecule has 2 aromatic heterocycles. The van der Waals surface area contributed by atoms with Crippen molar-refractivity contribution in [2.24, 2.45) is 0 Å². The first-order chi connectivity index (χ1) is 25.3. The number of hydrogen-bond donors (Lipinski definition) is 0. The van der Waals surface area contributed by atoms with Gasteiger partial charge in [-0.2, -0.15) is 0 Å². The van der Waals surface area contributed by atoms with Gasteiger partial charge in [0.1, 0.15) is 0 Å². The average Bonchev–Trinajstić information content (AvgIpc) is 3.77. The zero-order valence-electron chi connectivity index (χ0n) is 27.5. The molecule has 0 N–H and O–H groups in total. The molecule has 11 aromatic rings. The fourth-order valence-corrected chi connectivity index (χ4v) is 10.5. The first kappa shape index (κ1) is 28.8. The predicted molar refractivity (Wildman–Crippen MR) is 225 cm³/mol. The zero-order chi connectivity index (χ0) is 33.5. The van der Waals surface area contributed by atoms with Gasteiger partial charge in [0.25, 0.3) is 0 Å². The Kier molecular flexibility index (Phi) is 6.36. The normalized spacial score (nSPS) is 11.9. The molecular formula is C48H29NS2.